The van der Waals surface area contributed by atoms with Crippen LogP contribution in [0, 0.1) is 5.92 Å². The molecule has 0 aliphatic carbocycles. The summed E-state index contributed by atoms with van der Waals surface area (Å²) in [6.45, 7) is 5.43. The number of ether oxygens (including phenoxy) is 1. The van der Waals surface area contributed by atoms with Crippen LogP contribution in [-0.4, -0.2) is 26.0 Å². The maximum Gasteiger partial charge on any atom is 0.180 e. The van der Waals surface area contributed by atoms with E-state index in [0.717, 1.165) is 6.54 Å². The summed E-state index contributed by atoms with van der Waals surface area (Å²) in [5, 5.41) is 3.13. The summed E-state index contributed by atoms with van der Waals surface area (Å²) in [5.74, 6) is 1.25. The number of methoxy groups -OCH3 is 1. The Bertz CT molecular complexity index is 348. The molecular formula is C13H19NO2. The minimum atomic E-state index is 0.0677. The lowest BCUT2D eigenvalue weighted by Crippen LogP contribution is -2.26. The highest BCUT2D eigenvalue weighted by molar-refractivity contribution is 6.00. The predicted molar refractivity (Wildman–Crippen MR) is 65.0 cm³/mol. The highest BCUT2D eigenvalue weighted by Crippen LogP contribution is 2.17. The highest BCUT2D eigenvalue weighted by Gasteiger charge is 2.10. The van der Waals surface area contributed by atoms with E-state index in [1.165, 1.54) is 0 Å². The number of Topliss-reactive ketones (excluding diaryl/α,β-unsaturated/α-hetero) is 1. The second-order valence-electron chi connectivity index (χ2n) is 4.15. The molecule has 0 saturated carbocycles. The van der Waals surface area contributed by atoms with Gasteiger partial charge in [-0.3, -0.25) is 4.79 Å². The van der Waals surface area contributed by atoms with Crippen molar-refractivity contribution in [3.63, 3.8) is 0 Å². The van der Waals surface area contributed by atoms with Crippen molar-refractivity contribution in [1.29, 1.82) is 0 Å². The van der Waals surface area contributed by atoms with Gasteiger partial charge in [-0.15, -0.1) is 0 Å². The van der Waals surface area contributed by atoms with Gasteiger partial charge in [0.15, 0.2) is 5.78 Å². The summed E-state index contributed by atoms with van der Waals surface area (Å²) in [5.41, 5.74) is 0.640. The normalized spacial score (nSPS) is 10.5. The van der Waals surface area contributed by atoms with E-state index in [2.05, 4.69) is 19.2 Å². The third kappa shape index (κ3) is 3.66. The fraction of sp³-hybridized carbons (Fsp3) is 0.462. The molecule has 0 aromatic heterocycles. The molecule has 3 heteroatoms. The van der Waals surface area contributed by atoms with Gasteiger partial charge >= 0.3 is 0 Å². The summed E-state index contributed by atoms with van der Waals surface area (Å²) in [6, 6.07) is 7.29. The maximum atomic E-state index is 11.9. The van der Waals surface area contributed by atoms with E-state index in [1.54, 1.807) is 19.2 Å². The zero-order valence-corrected chi connectivity index (χ0v) is 10.1. The van der Waals surface area contributed by atoms with Gasteiger partial charge in [-0.05, 0) is 24.6 Å². The van der Waals surface area contributed by atoms with Crippen molar-refractivity contribution in [2.75, 3.05) is 20.2 Å². The first-order chi connectivity index (χ1) is 7.65. The van der Waals surface area contributed by atoms with Crippen molar-refractivity contribution in [3.8, 4) is 5.75 Å². The van der Waals surface area contributed by atoms with Gasteiger partial charge in [0.2, 0.25) is 0 Å². The van der Waals surface area contributed by atoms with Crippen molar-refractivity contribution >= 4 is 5.78 Å². The Morgan fingerprint density at radius 3 is 2.69 bits per heavy atom. The maximum absolute atomic E-state index is 11.9. The Kier molecular flexibility index (Phi) is 4.99. The Morgan fingerprint density at radius 2 is 2.06 bits per heavy atom. The molecule has 0 radical (unpaired) electrons. The molecule has 0 aliphatic rings. The van der Waals surface area contributed by atoms with Gasteiger partial charge in [0.05, 0.1) is 19.2 Å². The summed E-state index contributed by atoms with van der Waals surface area (Å²) in [7, 11) is 1.58. The first kappa shape index (κ1) is 12.7. The Balaban J connectivity index is 2.59. The van der Waals surface area contributed by atoms with Crippen LogP contribution in [0.5, 0.6) is 5.75 Å². The molecule has 88 valence electrons. The van der Waals surface area contributed by atoms with Crippen LogP contribution in [0.2, 0.25) is 0 Å². The third-order valence-corrected chi connectivity index (χ3v) is 2.25. The SMILES string of the molecule is COc1ccccc1C(=O)CNCC(C)C. The van der Waals surface area contributed by atoms with Crippen molar-refractivity contribution in [1.82, 2.24) is 5.32 Å². The zero-order chi connectivity index (χ0) is 12.0. The van der Waals surface area contributed by atoms with E-state index in [9.17, 15) is 4.79 Å². The van der Waals surface area contributed by atoms with Crippen LogP contribution in [0.1, 0.15) is 24.2 Å². The van der Waals surface area contributed by atoms with E-state index in [-0.39, 0.29) is 5.78 Å². The summed E-state index contributed by atoms with van der Waals surface area (Å²) in [6.07, 6.45) is 0. The number of carbonyl (C=O) groups is 1. The van der Waals surface area contributed by atoms with Crippen molar-refractivity contribution < 1.29 is 9.53 Å². The fourth-order valence-corrected chi connectivity index (χ4v) is 1.44. The van der Waals surface area contributed by atoms with Crippen LogP contribution in [0.3, 0.4) is 0 Å². The monoisotopic (exact) mass is 221 g/mol. The molecule has 0 heterocycles. The smallest absolute Gasteiger partial charge is 0.180 e. The minimum Gasteiger partial charge on any atom is -0.496 e. The lowest BCUT2D eigenvalue weighted by atomic mass is 10.1. The summed E-state index contributed by atoms with van der Waals surface area (Å²) < 4.78 is 5.15. The molecule has 1 rings (SSSR count). The van der Waals surface area contributed by atoms with Gasteiger partial charge in [0.1, 0.15) is 5.75 Å². The third-order valence-electron chi connectivity index (χ3n) is 2.25. The Morgan fingerprint density at radius 1 is 1.38 bits per heavy atom. The summed E-state index contributed by atoms with van der Waals surface area (Å²) in [4.78, 5) is 11.9. The van der Waals surface area contributed by atoms with Crippen molar-refractivity contribution in [2.45, 2.75) is 13.8 Å². The average molecular weight is 221 g/mol. The van der Waals surface area contributed by atoms with Gasteiger partial charge in [-0.25, -0.2) is 0 Å². The quantitative estimate of drug-likeness (QED) is 0.748. The summed E-state index contributed by atoms with van der Waals surface area (Å²) >= 11 is 0. The first-order valence-electron chi connectivity index (χ1n) is 5.52. The Hall–Kier alpha value is -1.35. The molecule has 1 aromatic carbocycles. The number of hydrogen-bond donors (Lipinski definition) is 1. The molecule has 0 spiro atoms. The second-order valence-corrected chi connectivity index (χ2v) is 4.15. The van der Waals surface area contributed by atoms with Crippen LogP contribution >= 0.6 is 0 Å². The molecule has 0 saturated heterocycles. The van der Waals surface area contributed by atoms with E-state index >= 15 is 0 Å². The molecule has 3 nitrogen and oxygen atoms in total. The molecule has 0 bridgehead atoms. The molecule has 0 fully saturated rings. The molecular weight excluding hydrogens is 202 g/mol. The van der Waals surface area contributed by atoms with Crippen LogP contribution in [0.25, 0.3) is 0 Å². The molecule has 0 atom stereocenters. The first-order valence-corrected chi connectivity index (χ1v) is 5.52. The number of nitrogens with one attached hydrogen (secondary N) is 1. The van der Waals surface area contributed by atoms with Crippen LogP contribution in [0.15, 0.2) is 24.3 Å². The zero-order valence-electron chi connectivity index (χ0n) is 10.1. The van der Waals surface area contributed by atoms with Gasteiger partial charge < -0.3 is 10.1 Å². The molecule has 0 unspecified atom stereocenters. The molecule has 1 N–H and O–H groups in total. The molecule has 0 aliphatic heterocycles. The van der Waals surface area contributed by atoms with Crippen molar-refractivity contribution in [3.05, 3.63) is 29.8 Å². The van der Waals surface area contributed by atoms with Crippen LogP contribution in [0.4, 0.5) is 0 Å². The largest absolute Gasteiger partial charge is 0.496 e. The van der Waals surface area contributed by atoms with E-state index < -0.39 is 0 Å². The minimum absolute atomic E-state index is 0.0677. The van der Waals surface area contributed by atoms with Gasteiger partial charge in [-0.1, -0.05) is 26.0 Å². The molecule has 0 amide bonds. The van der Waals surface area contributed by atoms with Crippen molar-refractivity contribution in [2.24, 2.45) is 5.92 Å². The predicted octanol–water partition coefficient (Wildman–Crippen LogP) is 2.12. The number of ketones is 1. The number of hydrogen-bond acceptors (Lipinski definition) is 3. The Labute approximate surface area is 96.8 Å². The number of carbonyl (C=O) groups excluding carboxylic acids is 1. The second kappa shape index (κ2) is 6.28. The average Bonchev–Trinajstić information content (AvgIpc) is 2.28. The van der Waals surface area contributed by atoms with Crippen LogP contribution in [-0.2, 0) is 0 Å². The van der Waals surface area contributed by atoms with Gasteiger partial charge in [-0.2, -0.15) is 0 Å². The van der Waals surface area contributed by atoms with Crippen LogP contribution < -0.4 is 10.1 Å². The lowest BCUT2D eigenvalue weighted by molar-refractivity contribution is 0.0987. The fourth-order valence-electron chi connectivity index (χ4n) is 1.44. The number of benzene rings is 1. The molecule has 1 aromatic rings. The highest BCUT2D eigenvalue weighted by atomic mass is 16.5. The van der Waals surface area contributed by atoms with Gasteiger partial charge in [0.25, 0.3) is 0 Å². The molecule has 16 heavy (non-hydrogen) atoms. The lowest BCUT2D eigenvalue weighted by Gasteiger charge is -2.09. The van der Waals surface area contributed by atoms with E-state index in [1.807, 2.05) is 12.1 Å². The topological polar surface area (TPSA) is 38.3 Å². The standard InChI is InChI=1S/C13H19NO2/c1-10(2)8-14-9-12(15)11-6-4-5-7-13(11)16-3/h4-7,10,14H,8-9H2,1-3H3. The van der Waals surface area contributed by atoms with E-state index in [0.29, 0.717) is 23.8 Å². The number of para-hydroxylation sites is 1. The van der Waals surface area contributed by atoms with Gasteiger partial charge in [0, 0.05) is 0 Å². The number of rotatable bonds is 6. The van der Waals surface area contributed by atoms with E-state index in [4.69, 9.17) is 4.74 Å².